The molecule has 2 unspecified atom stereocenters. The number of hydrogen-bond donors (Lipinski definition) is 2. The lowest BCUT2D eigenvalue weighted by molar-refractivity contribution is -0.124. The molecule has 21 heavy (non-hydrogen) atoms. The smallest absolute Gasteiger partial charge is 0.254 e. The molecule has 1 aromatic carbocycles. The summed E-state index contributed by atoms with van der Waals surface area (Å²) in [6, 6.07) is 8.82. The van der Waals surface area contributed by atoms with Crippen LogP contribution in [0.3, 0.4) is 0 Å². The van der Waals surface area contributed by atoms with Crippen LogP contribution in [-0.4, -0.2) is 41.9 Å². The molecule has 1 heterocycles. The Bertz CT molecular complexity index is 488. The van der Waals surface area contributed by atoms with Crippen molar-refractivity contribution in [3.05, 3.63) is 35.9 Å². The summed E-state index contributed by atoms with van der Waals surface area (Å²) in [6.07, 6.45) is 2.33. The molecular formula is C16H23N3O2. The van der Waals surface area contributed by atoms with E-state index in [9.17, 15) is 9.59 Å². The van der Waals surface area contributed by atoms with Gasteiger partial charge < -0.3 is 16.0 Å². The molecule has 3 N–H and O–H groups in total. The minimum Gasteiger partial charge on any atom is -0.354 e. The summed E-state index contributed by atoms with van der Waals surface area (Å²) in [7, 11) is 0. The second-order valence-electron chi connectivity index (χ2n) is 5.58. The van der Waals surface area contributed by atoms with Crippen molar-refractivity contribution < 1.29 is 9.59 Å². The highest BCUT2D eigenvalue weighted by Crippen LogP contribution is 2.20. The minimum absolute atomic E-state index is 0.0657. The van der Waals surface area contributed by atoms with Gasteiger partial charge in [0.25, 0.3) is 5.91 Å². The zero-order valence-corrected chi connectivity index (χ0v) is 12.4. The van der Waals surface area contributed by atoms with Gasteiger partial charge in [-0.15, -0.1) is 0 Å². The number of likely N-dealkylation sites (tertiary alicyclic amines) is 1. The maximum Gasteiger partial charge on any atom is 0.254 e. The molecule has 1 aliphatic rings. The van der Waals surface area contributed by atoms with Gasteiger partial charge in [0, 0.05) is 24.7 Å². The summed E-state index contributed by atoms with van der Waals surface area (Å²) < 4.78 is 0. The predicted octanol–water partition coefficient (Wildman–Crippen LogP) is 1.14. The van der Waals surface area contributed by atoms with Crippen LogP contribution in [0.15, 0.2) is 30.3 Å². The second kappa shape index (κ2) is 7.22. The second-order valence-corrected chi connectivity index (χ2v) is 5.58. The number of hydrogen-bond acceptors (Lipinski definition) is 3. The van der Waals surface area contributed by atoms with Gasteiger partial charge in [0.2, 0.25) is 5.91 Å². The Balaban J connectivity index is 1.96. The zero-order chi connectivity index (χ0) is 15.2. The molecule has 1 saturated heterocycles. The number of carbonyl (C=O) groups is 2. The average molecular weight is 289 g/mol. The third-order valence-electron chi connectivity index (χ3n) is 3.74. The van der Waals surface area contributed by atoms with Gasteiger partial charge in [-0.3, -0.25) is 9.59 Å². The van der Waals surface area contributed by atoms with E-state index in [1.165, 1.54) is 0 Å². The Kier molecular flexibility index (Phi) is 5.33. The van der Waals surface area contributed by atoms with Gasteiger partial charge in [-0.2, -0.15) is 0 Å². The molecule has 0 saturated carbocycles. The van der Waals surface area contributed by atoms with Crippen LogP contribution in [0.2, 0.25) is 0 Å². The van der Waals surface area contributed by atoms with Crippen molar-refractivity contribution in [3.63, 3.8) is 0 Å². The van der Waals surface area contributed by atoms with Crippen LogP contribution in [-0.2, 0) is 4.79 Å². The van der Waals surface area contributed by atoms with Gasteiger partial charge >= 0.3 is 0 Å². The Morgan fingerprint density at radius 1 is 1.38 bits per heavy atom. The summed E-state index contributed by atoms with van der Waals surface area (Å²) in [4.78, 5) is 26.4. The number of nitrogens with two attached hydrogens (primary N) is 1. The Morgan fingerprint density at radius 3 is 2.76 bits per heavy atom. The van der Waals surface area contributed by atoms with Crippen molar-refractivity contribution >= 4 is 11.8 Å². The van der Waals surface area contributed by atoms with E-state index in [-0.39, 0.29) is 23.9 Å². The maximum absolute atomic E-state index is 12.5. The predicted molar refractivity (Wildman–Crippen MR) is 81.8 cm³/mol. The molecule has 5 heteroatoms. The van der Waals surface area contributed by atoms with Gasteiger partial charge in [-0.1, -0.05) is 18.2 Å². The van der Waals surface area contributed by atoms with Crippen LogP contribution >= 0.6 is 0 Å². The summed E-state index contributed by atoms with van der Waals surface area (Å²) >= 11 is 0. The number of nitrogens with zero attached hydrogens (tertiary/aromatic N) is 1. The van der Waals surface area contributed by atoms with E-state index < -0.39 is 0 Å². The van der Waals surface area contributed by atoms with Crippen LogP contribution in [0, 0.1) is 0 Å². The first-order valence-electron chi connectivity index (χ1n) is 7.49. The highest BCUT2D eigenvalue weighted by Gasteiger charge is 2.34. The fourth-order valence-electron chi connectivity index (χ4n) is 2.57. The first kappa shape index (κ1) is 15.5. The van der Waals surface area contributed by atoms with E-state index in [0.717, 1.165) is 19.3 Å². The van der Waals surface area contributed by atoms with Gasteiger partial charge in [-0.25, -0.2) is 0 Å². The van der Waals surface area contributed by atoms with E-state index in [1.807, 2.05) is 25.1 Å². The monoisotopic (exact) mass is 289 g/mol. The van der Waals surface area contributed by atoms with Crippen molar-refractivity contribution in [2.45, 2.75) is 38.3 Å². The molecule has 2 rings (SSSR count). The van der Waals surface area contributed by atoms with Gasteiger partial charge in [-0.05, 0) is 38.3 Å². The highest BCUT2D eigenvalue weighted by molar-refractivity contribution is 5.97. The molecule has 5 nitrogen and oxygen atoms in total. The third kappa shape index (κ3) is 4.04. The van der Waals surface area contributed by atoms with Crippen molar-refractivity contribution in [2.75, 3.05) is 13.1 Å². The Hall–Kier alpha value is -1.88. The molecule has 0 aromatic heterocycles. The number of rotatable bonds is 5. The molecule has 114 valence electrons. The Morgan fingerprint density at radius 2 is 2.10 bits per heavy atom. The molecule has 0 radical (unpaired) electrons. The Labute approximate surface area is 125 Å². The van der Waals surface area contributed by atoms with Crippen molar-refractivity contribution in [3.8, 4) is 0 Å². The number of carbonyl (C=O) groups excluding carboxylic acids is 2. The molecule has 1 aliphatic heterocycles. The van der Waals surface area contributed by atoms with Crippen LogP contribution in [0.5, 0.6) is 0 Å². The van der Waals surface area contributed by atoms with Crippen LogP contribution in [0.1, 0.15) is 36.5 Å². The van der Waals surface area contributed by atoms with E-state index in [4.69, 9.17) is 5.73 Å². The first-order chi connectivity index (χ1) is 10.1. The molecule has 2 atom stereocenters. The molecule has 0 aliphatic carbocycles. The number of amides is 2. The molecule has 0 bridgehead atoms. The molecule has 1 fully saturated rings. The zero-order valence-electron chi connectivity index (χ0n) is 12.4. The fraction of sp³-hybridized carbons (Fsp3) is 0.500. The normalized spacial score (nSPS) is 19.3. The van der Waals surface area contributed by atoms with Gasteiger partial charge in [0.05, 0.1) is 0 Å². The lowest BCUT2D eigenvalue weighted by Crippen LogP contribution is -2.46. The highest BCUT2D eigenvalue weighted by atomic mass is 16.2. The minimum atomic E-state index is -0.356. The first-order valence-corrected chi connectivity index (χ1v) is 7.49. The summed E-state index contributed by atoms with van der Waals surface area (Å²) in [5.41, 5.74) is 6.30. The van der Waals surface area contributed by atoms with E-state index >= 15 is 0 Å². The molecule has 1 aromatic rings. The van der Waals surface area contributed by atoms with E-state index in [0.29, 0.717) is 18.7 Å². The van der Waals surface area contributed by atoms with Crippen molar-refractivity contribution in [1.29, 1.82) is 0 Å². The third-order valence-corrected chi connectivity index (χ3v) is 3.74. The summed E-state index contributed by atoms with van der Waals surface area (Å²) in [6.45, 7) is 3.10. The standard InChI is InChI=1S/C16H23N3O2/c1-12(17)9-10-18-15(20)14-8-5-11-19(14)16(21)13-6-3-2-4-7-13/h2-4,6-7,12,14H,5,8-11,17H2,1H3,(H,18,20). The summed E-state index contributed by atoms with van der Waals surface area (Å²) in [5.74, 6) is -0.141. The fourth-order valence-corrected chi connectivity index (χ4v) is 2.57. The van der Waals surface area contributed by atoms with Gasteiger partial charge in [0.1, 0.15) is 6.04 Å². The lowest BCUT2D eigenvalue weighted by Gasteiger charge is -2.24. The quantitative estimate of drug-likeness (QED) is 0.853. The van der Waals surface area contributed by atoms with E-state index in [1.54, 1.807) is 17.0 Å². The van der Waals surface area contributed by atoms with Crippen molar-refractivity contribution in [2.24, 2.45) is 5.73 Å². The summed E-state index contributed by atoms with van der Waals surface area (Å²) in [5, 5.41) is 2.88. The average Bonchev–Trinajstić information content (AvgIpc) is 2.96. The van der Waals surface area contributed by atoms with Crippen LogP contribution < -0.4 is 11.1 Å². The van der Waals surface area contributed by atoms with Crippen LogP contribution in [0.4, 0.5) is 0 Å². The topological polar surface area (TPSA) is 75.4 Å². The molecular weight excluding hydrogens is 266 g/mol. The lowest BCUT2D eigenvalue weighted by atomic mass is 10.1. The largest absolute Gasteiger partial charge is 0.354 e. The van der Waals surface area contributed by atoms with Crippen molar-refractivity contribution in [1.82, 2.24) is 10.2 Å². The SMILES string of the molecule is CC(N)CCNC(=O)C1CCCN1C(=O)c1ccccc1. The molecule has 0 spiro atoms. The number of benzene rings is 1. The maximum atomic E-state index is 12.5. The van der Waals surface area contributed by atoms with Gasteiger partial charge in [0.15, 0.2) is 0 Å². The molecule has 2 amide bonds. The van der Waals surface area contributed by atoms with Crippen LogP contribution in [0.25, 0.3) is 0 Å². The van der Waals surface area contributed by atoms with E-state index in [2.05, 4.69) is 5.32 Å². The number of nitrogens with one attached hydrogen (secondary N) is 1.